The van der Waals surface area contributed by atoms with Crippen molar-refractivity contribution in [3.05, 3.63) is 29.3 Å². The Bertz CT molecular complexity index is 513. The first-order chi connectivity index (χ1) is 9.54. The van der Waals surface area contributed by atoms with E-state index in [-0.39, 0.29) is 18.9 Å². The lowest BCUT2D eigenvalue weighted by Gasteiger charge is -2.12. The van der Waals surface area contributed by atoms with Gasteiger partial charge in [-0.3, -0.25) is 9.59 Å². The summed E-state index contributed by atoms with van der Waals surface area (Å²) in [5.74, 6) is -0.553. The largest absolute Gasteiger partial charge is 0.484 e. The van der Waals surface area contributed by atoms with Crippen LogP contribution in [0.2, 0.25) is 0 Å². The molecule has 0 spiro atoms. The smallest absolute Gasteiger partial charge is 0.305 e. The zero-order chi connectivity index (χ0) is 14.5. The fourth-order valence-electron chi connectivity index (χ4n) is 2.42. The van der Waals surface area contributed by atoms with Crippen LogP contribution in [0.5, 0.6) is 5.75 Å². The van der Waals surface area contributed by atoms with E-state index < -0.39 is 12.0 Å². The molecule has 1 atom stereocenters. The summed E-state index contributed by atoms with van der Waals surface area (Å²) >= 11 is 0. The molecule has 0 heterocycles. The zero-order valence-electron chi connectivity index (χ0n) is 11.5. The minimum atomic E-state index is -0.933. The molecule has 0 saturated carbocycles. The molecule has 1 aromatic rings. The summed E-state index contributed by atoms with van der Waals surface area (Å²) in [5, 5.41) is 11.2. The molecule has 1 aromatic carbocycles. The molecular weight excluding hydrogens is 258 g/mol. The van der Waals surface area contributed by atoms with E-state index in [1.807, 2.05) is 18.2 Å². The fraction of sp³-hybridized carbons (Fsp3) is 0.467. The SMILES string of the molecule is CC(CC(=O)O)NC(=O)COc1ccc2c(c1)CCC2. The van der Waals surface area contributed by atoms with Crippen LogP contribution in [-0.4, -0.2) is 29.6 Å². The highest BCUT2D eigenvalue weighted by molar-refractivity contribution is 5.78. The van der Waals surface area contributed by atoms with Crippen molar-refractivity contribution in [2.24, 2.45) is 0 Å². The number of hydrogen-bond donors (Lipinski definition) is 2. The molecular formula is C15H19NO4. The first kappa shape index (κ1) is 14.4. The average molecular weight is 277 g/mol. The number of carboxylic acid groups (broad SMARTS) is 1. The van der Waals surface area contributed by atoms with Crippen molar-refractivity contribution < 1.29 is 19.4 Å². The number of amides is 1. The van der Waals surface area contributed by atoms with Crippen LogP contribution in [0.25, 0.3) is 0 Å². The van der Waals surface area contributed by atoms with Crippen molar-refractivity contribution in [1.29, 1.82) is 0 Å². The molecule has 0 aliphatic heterocycles. The Morgan fingerprint density at radius 2 is 2.10 bits per heavy atom. The van der Waals surface area contributed by atoms with E-state index in [2.05, 4.69) is 5.32 Å². The fourth-order valence-corrected chi connectivity index (χ4v) is 2.42. The predicted molar refractivity (Wildman–Crippen MR) is 73.8 cm³/mol. The van der Waals surface area contributed by atoms with Crippen LogP contribution in [-0.2, 0) is 22.4 Å². The lowest BCUT2D eigenvalue weighted by atomic mass is 10.1. The van der Waals surface area contributed by atoms with Crippen LogP contribution in [0.3, 0.4) is 0 Å². The molecule has 0 saturated heterocycles. The van der Waals surface area contributed by atoms with Crippen molar-refractivity contribution in [3.63, 3.8) is 0 Å². The Kier molecular flexibility index (Phi) is 4.61. The van der Waals surface area contributed by atoms with E-state index in [1.165, 1.54) is 17.5 Å². The molecule has 5 heteroatoms. The normalized spacial score (nSPS) is 14.4. The number of benzene rings is 1. The minimum absolute atomic E-state index is 0.0927. The van der Waals surface area contributed by atoms with Gasteiger partial charge in [-0.15, -0.1) is 0 Å². The van der Waals surface area contributed by atoms with E-state index in [0.29, 0.717) is 5.75 Å². The van der Waals surface area contributed by atoms with Gasteiger partial charge in [0.15, 0.2) is 6.61 Å². The van der Waals surface area contributed by atoms with Crippen molar-refractivity contribution in [2.75, 3.05) is 6.61 Å². The van der Waals surface area contributed by atoms with E-state index in [1.54, 1.807) is 6.92 Å². The van der Waals surface area contributed by atoms with Crippen molar-refractivity contribution in [2.45, 2.75) is 38.6 Å². The highest BCUT2D eigenvalue weighted by Crippen LogP contribution is 2.25. The van der Waals surface area contributed by atoms with Crippen molar-refractivity contribution in [1.82, 2.24) is 5.32 Å². The maximum Gasteiger partial charge on any atom is 0.305 e. The third-order valence-corrected chi connectivity index (χ3v) is 3.33. The molecule has 1 aliphatic carbocycles. The predicted octanol–water partition coefficient (Wildman–Crippen LogP) is 1.53. The average Bonchev–Trinajstić information content (AvgIpc) is 2.82. The molecule has 2 rings (SSSR count). The summed E-state index contributed by atoms with van der Waals surface area (Å²) in [4.78, 5) is 22.1. The van der Waals surface area contributed by atoms with Crippen LogP contribution in [0.4, 0.5) is 0 Å². The summed E-state index contributed by atoms with van der Waals surface area (Å²) < 4.78 is 5.44. The topological polar surface area (TPSA) is 75.6 Å². The van der Waals surface area contributed by atoms with E-state index in [9.17, 15) is 9.59 Å². The van der Waals surface area contributed by atoms with Gasteiger partial charge in [0, 0.05) is 6.04 Å². The number of fused-ring (bicyclic) bond motifs is 1. The summed E-state index contributed by atoms with van der Waals surface area (Å²) in [5.41, 5.74) is 2.65. The Labute approximate surface area is 117 Å². The number of ether oxygens (including phenoxy) is 1. The number of carbonyl (C=O) groups excluding carboxylic acids is 1. The molecule has 2 N–H and O–H groups in total. The van der Waals surface area contributed by atoms with Crippen LogP contribution >= 0.6 is 0 Å². The third-order valence-electron chi connectivity index (χ3n) is 3.33. The van der Waals surface area contributed by atoms with Gasteiger partial charge >= 0.3 is 5.97 Å². The van der Waals surface area contributed by atoms with Gasteiger partial charge in [-0.25, -0.2) is 0 Å². The minimum Gasteiger partial charge on any atom is -0.484 e. The monoisotopic (exact) mass is 277 g/mol. The van der Waals surface area contributed by atoms with Gasteiger partial charge < -0.3 is 15.2 Å². The first-order valence-electron chi connectivity index (χ1n) is 6.80. The number of rotatable bonds is 6. The Morgan fingerprint density at radius 3 is 2.85 bits per heavy atom. The molecule has 20 heavy (non-hydrogen) atoms. The Hall–Kier alpha value is -2.04. The number of aryl methyl sites for hydroxylation is 2. The molecule has 0 bridgehead atoms. The summed E-state index contributed by atoms with van der Waals surface area (Å²) in [6.07, 6.45) is 3.26. The molecule has 1 amide bonds. The van der Waals surface area contributed by atoms with E-state index >= 15 is 0 Å². The molecule has 1 aliphatic rings. The maximum atomic E-state index is 11.6. The quantitative estimate of drug-likeness (QED) is 0.827. The highest BCUT2D eigenvalue weighted by Gasteiger charge is 2.13. The standard InChI is InChI=1S/C15H19NO4/c1-10(7-15(18)19)16-14(17)9-20-13-6-5-11-3-2-4-12(11)8-13/h5-6,8,10H,2-4,7,9H2,1H3,(H,16,17)(H,18,19). The molecule has 0 fully saturated rings. The number of hydrogen-bond acceptors (Lipinski definition) is 3. The van der Waals surface area contributed by atoms with Gasteiger partial charge in [0.05, 0.1) is 6.42 Å². The van der Waals surface area contributed by atoms with Gasteiger partial charge in [-0.1, -0.05) is 6.07 Å². The first-order valence-corrected chi connectivity index (χ1v) is 6.80. The maximum absolute atomic E-state index is 11.6. The van der Waals surface area contributed by atoms with Crippen LogP contribution in [0.15, 0.2) is 18.2 Å². The second-order valence-electron chi connectivity index (χ2n) is 5.14. The second kappa shape index (κ2) is 6.41. The lowest BCUT2D eigenvalue weighted by Crippen LogP contribution is -2.37. The van der Waals surface area contributed by atoms with Crippen LogP contribution < -0.4 is 10.1 Å². The van der Waals surface area contributed by atoms with E-state index in [0.717, 1.165) is 12.8 Å². The van der Waals surface area contributed by atoms with Gasteiger partial charge in [-0.05, 0) is 49.4 Å². The van der Waals surface area contributed by atoms with Crippen LogP contribution in [0, 0.1) is 0 Å². The molecule has 1 unspecified atom stereocenters. The molecule has 0 radical (unpaired) electrons. The Balaban J connectivity index is 1.80. The number of carboxylic acids is 1. The third kappa shape index (κ3) is 3.98. The number of carbonyl (C=O) groups is 2. The summed E-state index contributed by atoms with van der Waals surface area (Å²) in [6, 6.07) is 5.50. The highest BCUT2D eigenvalue weighted by atomic mass is 16.5. The number of aliphatic carboxylic acids is 1. The van der Waals surface area contributed by atoms with Gasteiger partial charge in [0.1, 0.15) is 5.75 Å². The van der Waals surface area contributed by atoms with Gasteiger partial charge in [0.25, 0.3) is 5.91 Å². The Morgan fingerprint density at radius 1 is 1.35 bits per heavy atom. The summed E-state index contributed by atoms with van der Waals surface area (Å²) in [7, 11) is 0. The number of nitrogens with one attached hydrogen (secondary N) is 1. The zero-order valence-corrected chi connectivity index (χ0v) is 11.5. The molecule has 0 aromatic heterocycles. The van der Waals surface area contributed by atoms with Gasteiger partial charge in [-0.2, -0.15) is 0 Å². The summed E-state index contributed by atoms with van der Waals surface area (Å²) in [6.45, 7) is 1.56. The van der Waals surface area contributed by atoms with Crippen molar-refractivity contribution >= 4 is 11.9 Å². The molecule has 108 valence electrons. The second-order valence-corrected chi connectivity index (χ2v) is 5.14. The molecule has 5 nitrogen and oxygen atoms in total. The van der Waals surface area contributed by atoms with E-state index in [4.69, 9.17) is 9.84 Å². The van der Waals surface area contributed by atoms with Crippen molar-refractivity contribution in [3.8, 4) is 5.75 Å². The van der Waals surface area contributed by atoms with Gasteiger partial charge in [0.2, 0.25) is 0 Å². The lowest BCUT2D eigenvalue weighted by molar-refractivity contribution is -0.137. The van der Waals surface area contributed by atoms with Crippen LogP contribution in [0.1, 0.15) is 30.9 Å².